The van der Waals surface area contributed by atoms with Crippen molar-refractivity contribution in [3.05, 3.63) is 58.6 Å². The van der Waals surface area contributed by atoms with E-state index in [2.05, 4.69) is 11.4 Å². The van der Waals surface area contributed by atoms with Gasteiger partial charge in [0.1, 0.15) is 5.75 Å². The number of benzene rings is 2. The van der Waals surface area contributed by atoms with Crippen LogP contribution in [0.2, 0.25) is 5.02 Å². The van der Waals surface area contributed by atoms with Crippen LogP contribution in [0.5, 0.6) is 5.75 Å². The summed E-state index contributed by atoms with van der Waals surface area (Å²) in [7, 11) is 0. The fourth-order valence-corrected chi connectivity index (χ4v) is 2.06. The van der Waals surface area contributed by atoms with Gasteiger partial charge >= 0.3 is 0 Å². The SMILES string of the molecule is Cc1cccc(CCC(=O)Nc2ccc(Cl)c(O)c2)c1. The first-order valence-corrected chi connectivity index (χ1v) is 6.76. The highest BCUT2D eigenvalue weighted by atomic mass is 35.5. The van der Waals surface area contributed by atoms with Crippen molar-refractivity contribution in [2.24, 2.45) is 0 Å². The standard InChI is InChI=1S/C16H16ClNO2/c1-11-3-2-4-12(9-11)5-8-16(20)18-13-6-7-14(17)15(19)10-13/h2-4,6-7,9-10,19H,5,8H2,1H3,(H,18,20). The highest BCUT2D eigenvalue weighted by Crippen LogP contribution is 2.26. The Balaban J connectivity index is 1.91. The predicted molar refractivity (Wildman–Crippen MR) is 81.2 cm³/mol. The van der Waals surface area contributed by atoms with E-state index in [-0.39, 0.29) is 16.7 Å². The van der Waals surface area contributed by atoms with Gasteiger partial charge in [-0.2, -0.15) is 0 Å². The van der Waals surface area contributed by atoms with Crippen molar-refractivity contribution >= 4 is 23.2 Å². The molecule has 0 unspecified atom stereocenters. The van der Waals surface area contributed by atoms with Crippen LogP contribution in [0.15, 0.2) is 42.5 Å². The lowest BCUT2D eigenvalue weighted by atomic mass is 10.1. The Hall–Kier alpha value is -2.00. The third kappa shape index (κ3) is 4.00. The summed E-state index contributed by atoms with van der Waals surface area (Å²) in [5, 5.41) is 12.5. The highest BCUT2D eigenvalue weighted by molar-refractivity contribution is 6.32. The van der Waals surface area contributed by atoms with Gasteiger partial charge in [0.2, 0.25) is 5.91 Å². The van der Waals surface area contributed by atoms with E-state index in [0.29, 0.717) is 18.5 Å². The first kappa shape index (κ1) is 14.4. The second-order valence-corrected chi connectivity index (χ2v) is 5.11. The average molecular weight is 290 g/mol. The smallest absolute Gasteiger partial charge is 0.224 e. The van der Waals surface area contributed by atoms with Crippen LogP contribution in [0.25, 0.3) is 0 Å². The zero-order chi connectivity index (χ0) is 14.5. The van der Waals surface area contributed by atoms with Gasteiger partial charge in [0.15, 0.2) is 0 Å². The van der Waals surface area contributed by atoms with Gasteiger partial charge in [-0.15, -0.1) is 0 Å². The van der Waals surface area contributed by atoms with E-state index in [0.717, 1.165) is 5.56 Å². The molecule has 2 rings (SSSR count). The summed E-state index contributed by atoms with van der Waals surface area (Å²) in [6.07, 6.45) is 1.08. The molecule has 104 valence electrons. The zero-order valence-corrected chi connectivity index (χ0v) is 11.9. The molecule has 0 aliphatic heterocycles. The predicted octanol–water partition coefficient (Wildman–Crippen LogP) is 3.93. The number of hydrogen-bond donors (Lipinski definition) is 2. The second-order valence-electron chi connectivity index (χ2n) is 4.70. The Labute approximate surface area is 123 Å². The molecule has 2 N–H and O–H groups in total. The summed E-state index contributed by atoms with van der Waals surface area (Å²) >= 11 is 5.71. The van der Waals surface area contributed by atoms with Crippen molar-refractivity contribution in [3.8, 4) is 5.75 Å². The maximum absolute atomic E-state index is 11.8. The number of hydrogen-bond acceptors (Lipinski definition) is 2. The molecule has 2 aromatic rings. The maximum Gasteiger partial charge on any atom is 0.224 e. The molecule has 0 aliphatic rings. The number of amides is 1. The molecular formula is C16H16ClNO2. The van der Waals surface area contributed by atoms with E-state index in [4.69, 9.17) is 11.6 Å². The van der Waals surface area contributed by atoms with Crippen molar-refractivity contribution in [2.75, 3.05) is 5.32 Å². The zero-order valence-electron chi connectivity index (χ0n) is 11.2. The van der Waals surface area contributed by atoms with Gasteiger partial charge < -0.3 is 10.4 Å². The number of carbonyl (C=O) groups is 1. The molecule has 0 fully saturated rings. The van der Waals surface area contributed by atoms with Crippen LogP contribution in [-0.4, -0.2) is 11.0 Å². The summed E-state index contributed by atoms with van der Waals surface area (Å²) < 4.78 is 0. The topological polar surface area (TPSA) is 49.3 Å². The molecular weight excluding hydrogens is 274 g/mol. The summed E-state index contributed by atoms with van der Waals surface area (Å²) in [6.45, 7) is 2.03. The molecule has 0 radical (unpaired) electrons. The van der Waals surface area contributed by atoms with Crippen LogP contribution in [-0.2, 0) is 11.2 Å². The van der Waals surface area contributed by atoms with Crippen molar-refractivity contribution in [1.82, 2.24) is 0 Å². The summed E-state index contributed by atoms with van der Waals surface area (Å²) in [5.41, 5.74) is 2.87. The van der Waals surface area contributed by atoms with Gasteiger partial charge in [-0.3, -0.25) is 4.79 Å². The van der Waals surface area contributed by atoms with Gasteiger partial charge in [0.05, 0.1) is 5.02 Å². The molecule has 3 nitrogen and oxygen atoms in total. The Morgan fingerprint density at radius 2 is 2.05 bits per heavy atom. The molecule has 0 saturated heterocycles. The van der Waals surface area contributed by atoms with E-state index < -0.39 is 0 Å². The minimum absolute atomic E-state index is 0.0387. The van der Waals surface area contributed by atoms with Crippen LogP contribution < -0.4 is 5.32 Å². The van der Waals surface area contributed by atoms with Crippen molar-refractivity contribution in [1.29, 1.82) is 0 Å². The second kappa shape index (κ2) is 6.44. The molecule has 0 aromatic heterocycles. The number of anilines is 1. The number of rotatable bonds is 4. The Kier molecular flexibility index (Phi) is 4.64. The van der Waals surface area contributed by atoms with E-state index in [9.17, 15) is 9.90 Å². The lowest BCUT2D eigenvalue weighted by Crippen LogP contribution is -2.12. The first-order valence-electron chi connectivity index (χ1n) is 6.38. The fraction of sp³-hybridized carbons (Fsp3) is 0.188. The molecule has 0 saturated carbocycles. The number of aromatic hydroxyl groups is 1. The van der Waals surface area contributed by atoms with E-state index in [1.54, 1.807) is 12.1 Å². The summed E-state index contributed by atoms with van der Waals surface area (Å²) in [6, 6.07) is 12.7. The number of aryl methyl sites for hydroxylation is 2. The number of halogens is 1. The van der Waals surface area contributed by atoms with Crippen LogP contribution in [0.1, 0.15) is 17.5 Å². The van der Waals surface area contributed by atoms with E-state index in [1.165, 1.54) is 11.6 Å². The molecule has 2 aromatic carbocycles. The summed E-state index contributed by atoms with van der Waals surface area (Å²) in [5.74, 6) is -0.128. The van der Waals surface area contributed by atoms with E-state index in [1.807, 2.05) is 25.1 Å². The molecule has 0 aliphatic carbocycles. The first-order chi connectivity index (χ1) is 9.54. The lowest BCUT2D eigenvalue weighted by Gasteiger charge is -2.07. The van der Waals surface area contributed by atoms with Crippen LogP contribution in [0.4, 0.5) is 5.69 Å². The Bertz CT molecular complexity index is 626. The van der Waals surface area contributed by atoms with Crippen LogP contribution in [0.3, 0.4) is 0 Å². The molecule has 1 amide bonds. The third-order valence-electron chi connectivity index (χ3n) is 2.95. The van der Waals surface area contributed by atoms with Crippen molar-refractivity contribution in [3.63, 3.8) is 0 Å². The molecule has 0 heterocycles. The number of phenolic OH excluding ortho intramolecular Hbond substituents is 1. The van der Waals surface area contributed by atoms with Crippen molar-refractivity contribution < 1.29 is 9.90 Å². The molecule has 0 bridgehead atoms. The van der Waals surface area contributed by atoms with Gasteiger partial charge in [0.25, 0.3) is 0 Å². The number of carbonyl (C=O) groups excluding carboxylic acids is 1. The highest BCUT2D eigenvalue weighted by Gasteiger charge is 2.05. The quantitative estimate of drug-likeness (QED) is 0.896. The van der Waals surface area contributed by atoms with Gasteiger partial charge in [0, 0.05) is 18.2 Å². The third-order valence-corrected chi connectivity index (χ3v) is 3.27. The monoisotopic (exact) mass is 289 g/mol. The largest absolute Gasteiger partial charge is 0.506 e. The van der Waals surface area contributed by atoms with Crippen molar-refractivity contribution in [2.45, 2.75) is 19.8 Å². The molecule has 4 heteroatoms. The van der Waals surface area contributed by atoms with Gasteiger partial charge in [-0.25, -0.2) is 0 Å². The van der Waals surface area contributed by atoms with Gasteiger partial charge in [-0.05, 0) is 31.0 Å². The maximum atomic E-state index is 11.8. The van der Waals surface area contributed by atoms with Crippen LogP contribution >= 0.6 is 11.6 Å². The normalized spacial score (nSPS) is 10.3. The van der Waals surface area contributed by atoms with Crippen LogP contribution in [0, 0.1) is 6.92 Å². The molecule has 0 atom stereocenters. The summed E-state index contributed by atoms with van der Waals surface area (Å²) in [4.78, 5) is 11.8. The fourth-order valence-electron chi connectivity index (χ4n) is 1.94. The minimum Gasteiger partial charge on any atom is -0.506 e. The molecule has 0 spiro atoms. The number of nitrogens with one attached hydrogen (secondary N) is 1. The van der Waals surface area contributed by atoms with E-state index >= 15 is 0 Å². The Morgan fingerprint density at radius 1 is 1.25 bits per heavy atom. The minimum atomic E-state index is -0.0896. The molecule has 20 heavy (non-hydrogen) atoms. The number of phenols is 1. The Morgan fingerprint density at radius 3 is 2.75 bits per heavy atom. The van der Waals surface area contributed by atoms with Gasteiger partial charge in [-0.1, -0.05) is 41.4 Å². The average Bonchev–Trinajstić information content (AvgIpc) is 2.41. The lowest BCUT2D eigenvalue weighted by molar-refractivity contribution is -0.116.